The first-order chi connectivity index (χ1) is 16.1. The van der Waals surface area contributed by atoms with Gasteiger partial charge in [-0.05, 0) is 24.3 Å². The van der Waals surface area contributed by atoms with Crippen LogP contribution in [0.5, 0.6) is 0 Å². The second-order valence-electron chi connectivity index (χ2n) is 7.50. The molecule has 2 fully saturated rings. The van der Waals surface area contributed by atoms with Gasteiger partial charge in [0.05, 0.1) is 34.1 Å². The average molecular weight is 469 g/mol. The zero-order chi connectivity index (χ0) is 24.7. The molecule has 2 aliphatic rings. The van der Waals surface area contributed by atoms with Crippen LogP contribution in [0.15, 0.2) is 48.5 Å². The molecule has 0 radical (unpaired) electrons. The van der Waals surface area contributed by atoms with Crippen molar-refractivity contribution in [1.29, 1.82) is 0 Å². The van der Waals surface area contributed by atoms with Gasteiger partial charge < -0.3 is 5.21 Å². The van der Waals surface area contributed by atoms with Crippen LogP contribution in [-0.2, 0) is 19.2 Å². The Hall–Kier alpha value is -4.56. The Labute approximate surface area is 189 Å². The molecule has 1 N–H and O–H groups in total. The van der Waals surface area contributed by atoms with Crippen molar-refractivity contribution in [1.82, 2.24) is 5.06 Å². The molecule has 0 saturated carbocycles. The Morgan fingerprint density at radius 3 is 1.32 bits per heavy atom. The van der Waals surface area contributed by atoms with Crippen LogP contribution in [0.25, 0.3) is 0 Å². The third kappa shape index (κ3) is 3.76. The molecule has 2 saturated heterocycles. The molecule has 0 spiro atoms. The molecule has 34 heavy (non-hydrogen) atoms. The Balaban J connectivity index is 1.53. The van der Waals surface area contributed by atoms with E-state index in [1.165, 1.54) is 24.3 Å². The van der Waals surface area contributed by atoms with Crippen molar-refractivity contribution in [3.05, 3.63) is 68.8 Å². The van der Waals surface area contributed by atoms with Crippen molar-refractivity contribution in [2.45, 2.75) is 24.9 Å². The summed E-state index contributed by atoms with van der Waals surface area (Å²) in [6.07, 6.45) is -0.969. The van der Waals surface area contributed by atoms with Crippen molar-refractivity contribution in [2.75, 3.05) is 9.80 Å². The lowest BCUT2D eigenvalue weighted by Gasteiger charge is -2.25. The van der Waals surface area contributed by atoms with Crippen LogP contribution in [0, 0.1) is 20.2 Å². The molecule has 0 unspecified atom stereocenters. The highest BCUT2D eigenvalue weighted by atomic mass is 16.6. The van der Waals surface area contributed by atoms with Gasteiger partial charge in [0.2, 0.25) is 11.8 Å². The van der Waals surface area contributed by atoms with Crippen LogP contribution in [0.1, 0.15) is 12.8 Å². The predicted octanol–water partition coefficient (Wildman–Crippen LogP) is 1.16. The molecular formula is C20H15N5O9. The molecular weight excluding hydrogens is 454 g/mol. The molecule has 174 valence electrons. The summed E-state index contributed by atoms with van der Waals surface area (Å²) in [5, 5.41) is 32.6. The minimum Gasteiger partial charge on any atom is -0.312 e. The molecule has 0 bridgehead atoms. The quantitative estimate of drug-likeness (QED) is 0.366. The number of non-ortho nitro benzene ring substituents is 2. The summed E-state index contributed by atoms with van der Waals surface area (Å²) in [6.45, 7) is 0. The standard InChI is InChI=1S/C20H15N5O9/c26-17-9-15(19(28)21(17)11-1-5-13(6-2-11)24(31)32)23(30)16-10-18(27)22(20(16)29)12-3-7-14(8-4-12)25(33)34/h1-8,15-16,30H,9-10H2/t15-,16-/m0/s1. The fourth-order valence-corrected chi connectivity index (χ4v) is 3.85. The van der Waals surface area contributed by atoms with Crippen LogP contribution >= 0.6 is 0 Å². The number of nitro benzene ring substituents is 2. The lowest BCUT2D eigenvalue weighted by molar-refractivity contribution is -0.385. The summed E-state index contributed by atoms with van der Waals surface area (Å²) in [5.74, 6) is -3.13. The van der Waals surface area contributed by atoms with Gasteiger partial charge in [-0.2, -0.15) is 5.06 Å². The minimum absolute atomic E-state index is 0.0535. The number of anilines is 2. The van der Waals surface area contributed by atoms with Gasteiger partial charge in [0.15, 0.2) is 0 Å². The number of benzene rings is 2. The fraction of sp³-hybridized carbons (Fsp3) is 0.200. The summed E-state index contributed by atoms with van der Waals surface area (Å²) in [7, 11) is 0. The third-order valence-corrected chi connectivity index (χ3v) is 5.52. The van der Waals surface area contributed by atoms with E-state index in [-0.39, 0.29) is 22.7 Å². The molecule has 2 aliphatic heterocycles. The SMILES string of the molecule is O=C1C[C@H](N(O)[C@H]2CC(=O)N(c3ccc([N+](=O)[O-])cc3)C2=O)C(=O)N1c1ccc([N+](=O)[O-])cc1. The van der Waals surface area contributed by atoms with Gasteiger partial charge in [-0.15, -0.1) is 0 Å². The Morgan fingerprint density at radius 1 is 0.706 bits per heavy atom. The van der Waals surface area contributed by atoms with Crippen LogP contribution in [0.2, 0.25) is 0 Å². The van der Waals surface area contributed by atoms with Crippen molar-refractivity contribution < 1.29 is 34.2 Å². The smallest absolute Gasteiger partial charge is 0.269 e. The van der Waals surface area contributed by atoms with Crippen molar-refractivity contribution in [3.63, 3.8) is 0 Å². The summed E-state index contributed by atoms with van der Waals surface area (Å²) in [6, 6.07) is 6.36. The van der Waals surface area contributed by atoms with E-state index < -0.39 is 58.4 Å². The Morgan fingerprint density at radius 2 is 1.03 bits per heavy atom. The number of carbonyl (C=O) groups excluding carboxylic acids is 4. The minimum atomic E-state index is -1.46. The molecule has 14 heteroatoms. The number of hydroxylamine groups is 2. The van der Waals surface area contributed by atoms with Crippen LogP contribution in [0.4, 0.5) is 22.7 Å². The summed E-state index contributed by atoms with van der Waals surface area (Å²) < 4.78 is 0. The predicted molar refractivity (Wildman–Crippen MR) is 112 cm³/mol. The van der Waals surface area contributed by atoms with E-state index in [4.69, 9.17) is 0 Å². The van der Waals surface area contributed by atoms with Crippen molar-refractivity contribution >= 4 is 46.4 Å². The molecule has 2 aromatic rings. The second kappa shape index (κ2) is 8.42. The summed E-state index contributed by atoms with van der Waals surface area (Å²) in [5.41, 5.74) is -0.384. The van der Waals surface area contributed by atoms with E-state index in [0.29, 0.717) is 5.06 Å². The monoisotopic (exact) mass is 469 g/mol. The van der Waals surface area contributed by atoms with Crippen LogP contribution < -0.4 is 9.80 Å². The van der Waals surface area contributed by atoms with E-state index >= 15 is 0 Å². The van der Waals surface area contributed by atoms with Gasteiger partial charge in [-0.3, -0.25) is 39.4 Å². The first-order valence-corrected chi connectivity index (χ1v) is 9.80. The third-order valence-electron chi connectivity index (χ3n) is 5.52. The number of rotatable bonds is 6. The van der Waals surface area contributed by atoms with E-state index in [1.807, 2.05) is 0 Å². The van der Waals surface area contributed by atoms with Gasteiger partial charge in [-0.25, -0.2) is 9.80 Å². The van der Waals surface area contributed by atoms with Gasteiger partial charge in [0.25, 0.3) is 23.2 Å². The Kier molecular flexibility index (Phi) is 5.60. The summed E-state index contributed by atoms with van der Waals surface area (Å²) >= 11 is 0. The van der Waals surface area contributed by atoms with Gasteiger partial charge in [-0.1, -0.05) is 0 Å². The highest BCUT2D eigenvalue weighted by Gasteiger charge is 2.50. The second-order valence-corrected chi connectivity index (χ2v) is 7.50. The highest BCUT2D eigenvalue weighted by molar-refractivity contribution is 6.24. The maximum absolute atomic E-state index is 12.9. The van der Waals surface area contributed by atoms with Gasteiger partial charge in [0.1, 0.15) is 12.1 Å². The zero-order valence-electron chi connectivity index (χ0n) is 17.1. The van der Waals surface area contributed by atoms with Crippen LogP contribution in [-0.4, -0.2) is 55.8 Å². The number of hydrogen-bond acceptors (Lipinski definition) is 10. The average Bonchev–Trinajstić information content (AvgIpc) is 3.27. The molecule has 14 nitrogen and oxygen atoms in total. The van der Waals surface area contributed by atoms with Gasteiger partial charge in [0, 0.05) is 24.3 Å². The van der Waals surface area contributed by atoms with Crippen molar-refractivity contribution in [3.8, 4) is 0 Å². The Bertz CT molecular complexity index is 1130. The lowest BCUT2D eigenvalue weighted by Crippen LogP contribution is -2.49. The lowest BCUT2D eigenvalue weighted by atomic mass is 10.1. The van der Waals surface area contributed by atoms with Crippen LogP contribution in [0.3, 0.4) is 0 Å². The van der Waals surface area contributed by atoms with E-state index in [2.05, 4.69) is 0 Å². The number of hydrogen-bond donors (Lipinski definition) is 1. The molecule has 2 heterocycles. The number of nitrogens with zero attached hydrogens (tertiary/aromatic N) is 5. The first-order valence-electron chi connectivity index (χ1n) is 9.80. The van der Waals surface area contributed by atoms with E-state index in [1.54, 1.807) is 0 Å². The van der Waals surface area contributed by atoms with Gasteiger partial charge >= 0.3 is 0 Å². The maximum Gasteiger partial charge on any atom is 0.269 e. The molecule has 4 amide bonds. The maximum atomic E-state index is 12.9. The molecule has 4 rings (SSSR count). The molecule has 2 aromatic carbocycles. The van der Waals surface area contributed by atoms with E-state index in [9.17, 15) is 44.6 Å². The number of imide groups is 2. The normalized spacial score (nSPS) is 20.5. The molecule has 0 aliphatic carbocycles. The number of carbonyl (C=O) groups is 4. The van der Waals surface area contributed by atoms with E-state index in [0.717, 1.165) is 34.1 Å². The topological polar surface area (TPSA) is 185 Å². The molecule has 0 aromatic heterocycles. The largest absolute Gasteiger partial charge is 0.312 e. The highest BCUT2D eigenvalue weighted by Crippen LogP contribution is 2.31. The fourth-order valence-electron chi connectivity index (χ4n) is 3.85. The summed E-state index contributed by atoms with van der Waals surface area (Å²) in [4.78, 5) is 72.5. The zero-order valence-corrected chi connectivity index (χ0v) is 17.1. The number of amides is 4. The number of nitro groups is 2. The molecule has 2 atom stereocenters. The van der Waals surface area contributed by atoms with Crippen molar-refractivity contribution in [2.24, 2.45) is 0 Å². The first kappa shape index (κ1) is 22.6.